The number of rotatable bonds is 3. The number of benzene rings is 1. The summed E-state index contributed by atoms with van der Waals surface area (Å²) in [5.74, 6) is 0.317. The predicted octanol–water partition coefficient (Wildman–Crippen LogP) is 2.26. The maximum Gasteiger partial charge on any atom is 0.194 e. The predicted molar refractivity (Wildman–Crippen MR) is 52.1 cm³/mol. The Hall–Kier alpha value is -1.57. The van der Waals surface area contributed by atoms with Gasteiger partial charge >= 0.3 is 0 Å². The van der Waals surface area contributed by atoms with Crippen LogP contribution in [0.3, 0.4) is 0 Å². The molecular weight excluding hydrogens is 164 g/mol. The first-order valence-electron chi connectivity index (χ1n) is 4.05. The summed E-state index contributed by atoms with van der Waals surface area (Å²) in [6.45, 7) is 1.48. The summed E-state index contributed by atoms with van der Waals surface area (Å²) in [7, 11) is 1.50. The quantitative estimate of drug-likeness (QED) is 0.521. The zero-order valence-electron chi connectivity index (χ0n) is 7.78. The molecule has 68 valence electrons. The minimum atomic E-state index is -0.0636. The smallest absolute Gasteiger partial charge is 0.194 e. The van der Waals surface area contributed by atoms with E-state index in [1.807, 2.05) is 30.3 Å². The van der Waals surface area contributed by atoms with Crippen LogP contribution < -0.4 is 0 Å². The van der Waals surface area contributed by atoms with Crippen LogP contribution in [0.1, 0.15) is 12.5 Å². The van der Waals surface area contributed by atoms with Crippen molar-refractivity contribution < 1.29 is 9.53 Å². The van der Waals surface area contributed by atoms with E-state index in [9.17, 15) is 4.79 Å². The second-order valence-electron chi connectivity index (χ2n) is 2.68. The number of allylic oxidation sites excluding steroid dienone is 1. The first kappa shape index (κ1) is 9.52. The molecule has 0 aromatic heterocycles. The van der Waals surface area contributed by atoms with Gasteiger partial charge in [-0.1, -0.05) is 30.3 Å². The highest BCUT2D eigenvalue weighted by molar-refractivity contribution is 5.95. The minimum absolute atomic E-state index is 0.0636. The van der Waals surface area contributed by atoms with Gasteiger partial charge in [-0.25, -0.2) is 0 Å². The Morgan fingerprint density at radius 2 is 1.92 bits per heavy atom. The first-order chi connectivity index (χ1) is 6.24. The Bertz CT molecular complexity index is 312. The second-order valence-corrected chi connectivity index (χ2v) is 2.68. The van der Waals surface area contributed by atoms with Crippen LogP contribution in [-0.2, 0) is 9.53 Å². The average molecular weight is 176 g/mol. The van der Waals surface area contributed by atoms with E-state index in [2.05, 4.69) is 0 Å². The molecule has 0 aliphatic heterocycles. The van der Waals surface area contributed by atoms with Gasteiger partial charge in [0.2, 0.25) is 0 Å². The Labute approximate surface area is 77.8 Å². The fraction of sp³-hybridized carbons (Fsp3) is 0.182. The van der Waals surface area contributed by atoms with E-state index in [0.29, 0.717) is 5.76 Å². The molecule has 13 heavy (non-hydrogen) atoms. The summed E-state index contributed by atoms with van der Waals surface area (Å²) < 4.78 is 4.93. The molecule has 0 amide bonds. The third-order valence-electron chi connectivity index (χ3n) is 1.66. The van der Waals surface area contributed by atoms with Gasteiger partial charge in [-0.15, -0.1) is 0 Å². The maximum absolute atomic E-state index is 11.0. The van der Waals surface area contributed by atoms with Crippen molar-refractivity contribution in [2.24, 2.45) is 0 Å². The van der Waals surface area contributed by atoms with Gasteiger partial charge in [-0.2, -0.15) is 0 Å². The average Bonchev–Trinajstić information content (AvgIpc) is 2.15. The largest absolute Gasteiger partial charge is 0.493 e. The summed E-state index contributed by atoms with van der Waals surface area (Å²) in [6, 6.07) is 9.60. The molecule has 0 saturated heterocycles. The number of hydrogen-bond acceptors (Lipinski definition) is 2. The van der Waals surface area contributed by atoms with Crippen LogP contribution in [0.5, 0.6) is 0 Å². The van der Waals surface area contributed by atoms with E-state index in [1.165, 1.54) is 14.0 Å². The monoisotopic (exact) mass is 176 g/mol. The fourth-order valence-electron chi connectivity index (χ4n) is 1.00. The summed E-state index contributed by atoms with van der Waals surface area (Å²) in [4.78, 5) is 11.0. The lowest BCUT2D eigenvalue weighted by molar-refractivity contribution is -0.116. The van der Waals surface area contributed by atoms with Crippen molar-refractivity contribution in [3.8, 4) is 0 Å². The number of carbonyl (C=O) groups is 1. The van der Waals surface area contributed by atoms with E-state index in [0.717, 1.165) is 5.56 Å². The number of carbonyl (C=O) groups excluding carboxylic acids is 1. The van der Waals surface area contributed by atoms with Gasteiger partial charge in [0, 0.05) is 6.92 Å². The van der Waals surface area contributed by atoms with E-state index in [4.69, 9.17) is 4.74 Å². The SMILES string of the molecule is CO/C(=C/c1ccccc1)C(C)=O. The molecule has 0 unspecified atom stereocenters. The maximum atomic E-state index is 11.0. The number of methoxy groups -OCH3 is 1. The summed E-state index contributed by atoms with van der Waals surface area (Å²) in [6.07, 6.45) is 1.72. The van der Waals surface area contributed by atoms with Crippen molar-refractivity contribution in [3.05, 3.63) is 41.7 Å². The summed E-state index contributed by atoms with van der Waals surface area (Å²) >= 11 is 0. The highest BCUT2D eigenvalue weighted by Crippen LogP contribution is 2.07. The molecule has 0 N–H and O–H groups in total. The molecule has 0 atom stereocenters. The van der Waals surface area contributed by atoms with Crippen molar-refractivity contribution in [3.63, 3.8) is 0 Å². The van der Waals surface area contributed by atoms with Crippen molar-refractivity contribution in [1.82, 2.24) is 0 Å². The normalized spacial score (nSPS) is 11.1. The zero-order chi connectivity index (χ0) is 9.68. The van der Waals surface area contributed by atoms with E-state index in [1.54, 1.807) is 6.08 Å². The van der Waals surface area contributed by atoms with E-state index < -0.39 is 0 Å². The van der Waals surface area contributed by atoms with E-state index in [-0.39, 0.29) is 5.78 Å². The third kappa shape index (κ3) is 2.75. The zero-order valence-corrected chi connectivity index (χ0v) is 7.78. The molecule has 0 radical (unpaired) electrons. The molecule has 0 spiro atoms. The van der Waals surface area contributed by atoms with Gasteiger partial charge in [0.15, 0.2) is 11.5 Å². The van der Waals surface area contributed by atoms with Crippen LogP contribution >= 0.6 is 0 Å². The standard InChI is InChI=1S/C11H12O2/c1-9(12)11(13-2)8-10-6-4-3-5-7-10/h3-8H,1-2H3/b11-8+. The lowest BCUT2D eigenvalue weighted by atomic mass is 10.2. The first-order valence-corrected chi connectivity index (χ1v) is 4.05. The summed E-state index contributed by atoms with van der Waals surface area (Å²) in [5, 5.41) is 0. The van der Waals surface area contributed by atoms with Gasteiger partial charge in [0.25, 0.3) is 0 Å². The minimum Gasteiger partial charge on any atom is -0.493 e. The fourth-order valence-corrected chi connectivity index (χ4v) is 1.00. The molecule has 0 fully saturated rings. The lowest BCUT2D eigenvalue weighted by Crippen LogP contribution is -1.98. The molecule has 0 aliphatic carbocycles. The van der Waals surface area contributed by atoms with Gasteiger partial charge in [0.1, 0.15) is 0 Å². The highest BCUT2D eigenvalue weighted by atomic mass is 16.5. The number of hydrogen-bond donors (Lipinski definition) is 0. The molecule has 2 heteroatoms. The van der Waals surface area contributed by atoms with Gasteiger partial charge in [0.05, 0.1) is 7.11 Å². The molecule has 2 nitrogen and oxygen atoms in total. The molecule has 0 aliphatic rings. The Balaban J connectivity index is 2.92. The molecule has 1 rings (SSSR count). The second kappa shape index (κ2) is 4.45. The van der Waals surface area contributed by atoms with Crippen LogP contribution in [0, 0.1) is 0 Å². The van der Waals surface area contributed by atoms with Crippen molar-refractivity contribution in [2.75, 3.05) is 7.11 Å². The topological polar surface area (TPSA) is 26.3 Å². The van der Waals surface area contributed by atoms with Crippen LogP contribution in [0.4, 0.5) is 0 Å². The molecule has 1 aromatic carbocycles. The summed E-state index contributed by atoms with van der Waals surface area (Å²) in [5.41, 5.74) is 0.967. The highest BCUT2D eigenvalue weighted by Gasteiger charge is 2.01. The van der Waals surface area contributed by atoms with Gasteiger partial charge in [-0.3, -0.25) is 4.79 Å². The van der Waals surface area contributed by atoms with Crippen molar-refractivity contribution in [1.29, 1.82) is 0 Å². The van der Waals surface area contributed by atoms with Crippen molar-refractivity contribution >= 4 is 11.9 Å². The van der Waals surface area contributed by atoms with Gasteiger partial charge in [-0.05, 0) is 11.6 Å². The van der Waals surface area contributed by atoms with Gasteiger partial charge < -0.3 is 4.74 Å². The number of Topliss-reactive ketones (excluding diaryl/α,β-unsaturated/α-hetero) is 1. The molecule has 0 heterocycles. The molecular formula is C11H12O2. The molecule has 1 aromatic rings. The number of ether oxygens (including phenoxy) is 1. The Morgan fingerprint density at radius 3 is 2.38 bits per heavy atom. The van der Waals surface area contributed by atoms with Crippen LogP contribution in [-0.4, -0.2) is 12.9 Å². The van der Waals surface area contributed by atoms with Crippen LogP contribution in [0.25, 0.3) is 6.08 Å². The third-order valence-corrected chi connectivity index (χ3v) is 1.66. The number of ketones is 1. The van der Waals surface area contributed by atoms with E-state index >= 15 is 0 Å². The molecule has 0 saturated carbocycles. The van der Waals surface area contributed by atoms with Crippen LogP contribution in [0.15, 0.2) is 36.1 Å². The lowest BCUT2D eigenvalue weighted by Gasteiger charge is -2.00. The van der Waals surface area contributed by atoms with Crippen molar-refractivity contribution in [2.45, 2.75) is 6.92 Å². The van der Waals surface area contributed by atoms with Crippen LogP contribution in [0.2, 0.25) is 0 Å². The Kier molecular flexibility index (Phi) is 3.26. The Morgan fingerprint density at radius 1 is 1.31 bits per heavy atom. The molecule has 0 bridgehead atoms.